The topological polar surface area (TPSA) is 41.6 Å². The number of halogens is 4. The average molecular weight is 298 g/mol. The molecule has 0 bridgehead atoms. The normalized spacial score (nSPS) is 12.0. The van der Waals surface area contributed by atoms with Crippen molar-refractivity contribution in [3.63, 3.8) is 0 Å². The minimum Gasteiger partial charge on any atom is -0.273 e. The molecule has 7 heteroatoms. The van der Waals surface area contributed by atoms with Crippen LogP contribution >= 0.6 is 11.6 Å². The Kier molecular flexibility index (Phi) is 2.90. The van der Waals surface area contributed by atoms with Crippen LogP contribution in [0.25, 0.3) is 22.3 Å². The van der Waals surface area contributed by atoms with Crippen molar-refractivity contribution >= 4 is 22.5 Å². The largest absolute Gasteiger partial charge is 0.432 e. The summed E-state index contributed by atoms with van der Waals surface area (Å²) in [4.78, 5) is 4.26. The van der Waals surface area contributed by atoms with Gasteiger partial charge < -0.3 is 0 Å². The van der Waals surface area contributed by atoms with Gasteiger partial charge in [-0.1, -0.05) is 29.8 Å². The first-order chi connectivity index (χ1) is 9.45. The van der Waals surface area contributed by atoms with Crippen molar-refractivity contribution in [3.05, 3.63) is 47.1 Å². The van der Waals surface area contributed by atoms with Crippen LogP contribution in [0.5, 0.6) is 0 Å². The Morgan fingerprint density at radius 1 is 1.05 bits per heavy atom. The number of nitrogens with one attached hydrogen (secondary N) is 1. The highest BCUT2D eigenvalue weighted by Crippen LogP contribution is 2.31. The van der Waals surface area contributed by atoms with E-state index < -0.39 is 11.9 Å². The lowest BCUT2D eigenvalue weighted by molar-refractivity contribution is -0.141. The molecule has 102 valence electrons. The Morgan fingerprint density at radius 3 is 2.55 bits per heavy atom. The number of hydrogen-bond donors (Lipinski definition) is 1. The third-order valence-corrected chi connectivity index (χ3v) is 3.12. The van der Waals surface area contributed by atoms with Crippen LogP contribution in [-0.4, -0.2) is 15.2 Å². The Hall–Kier alpha value is -2.08. The minimum atomic E-state index is -4.46. The maximum atomic E-state index is 12.5. The number of nitrogens with zero attached hydrogens (tertiary/aromatic N) is 2. The van der Waals surface area contributed by atoms with Crippen molar-refractivity contribution in [1.82, 2.24) is 15.2 Å². The van der Waals surface area contributed by atoms with Gasteiger partial charge in [0.1, 0.15) is 11.4 Å². The zero-order valence-electron chi connectivity index (χ0n) is 9.87. The highest BCUT2D eigenvalue weighted by atomic mass is 35.5. The molecule has 2 aromatic heterocycles. The van der Waals surface area contributed by atoms with Crippen molar-refractivity contribution in [1.29, 1.82) is 0 Å². The number of benzene rings is 1. The van der Waals surface area contributed by atoms with E-state index >= 15 is 0 Å². The van der Waals surface area contributed by atoms with Gasteiger partial charge in [0.15, 0.2) is 0 Å². The summed E-state index contributed by atoms with van der Waals surface area (Å²) < 4.78 is 37.6. The number of aromatic amines is 1. The third kappa shape index (κ3) is 2.22. The van der Waals surface area contributed by atoms with Crippen LogP contribution in [0, 0.1) is 0 Å². The van der Waals surface area contributed by atoms with E-state index in [1.54, 1.807) is 24.3 Å². The van der Waals surface area contributed by atoms with E-state index in [-0.39, 0.29) is 5.69 Å². The van der Waals surface area contributed by atoms with Gasteiger partial charge in [-0.05, 0) is 18.2 Å². The number of alkyl halides is 3. The fourth-order valence-electron chi connectivity index (χ4n) is 1.85. The van der Waals surface area contributed by atoms with Crippen LogP contribution in [0.1, 0.15) is 5.69 Å². The number of H-pyrrole nitrogens is 1. The molecule has 0 atom stereocenters. The standard InChI is InChI=1S/C13H7ClF3N3/c14-8-3-1-2-7-4-5-9(18-12(7)8)10-6-11(20-19-10)13(15,16)17/h1-6H,(H,19,20). The summed E-state index contributed by atoms with van der Waals surface area (Å²) in [7, 11) is 0. The van der Waals surface area contributed by atoms with Gasteiger partial charge >= 0.3 is 6.18 Å². The van der Waals surface area contributed by atoms with Gasteiger partial charge in [-0.15, -0.1) is 0 Å². The molecule has 0 unspecified atom stereocenters. The van der Waals surface area contributed by atoms with E-state index in [9.17, 15) is 13.2 Å². The van der Waals surface area contributed by atoms with Gasteiger partial charge in [-0.25, -0.2) is 4.98 Å². The Balaban J connectivity index is 2.11. The first-order valence-corrected chi connectivity index (χ1v) is 6.01. The predicted octanol–water partition coefficient (Wildman–Crippen LogP) is 4.30. The molecule has 0 aliphatic carbocycles. The molecule has 0 saturated carbocycles. The molecule has 1 aromatic carbocycles. The molecular weight excluding hydrogens is 291 g/mol. The minimum absolute atomic E-state index is 0.124. The first-order valence-electron chi connectivity index (χ1n) is 5.63. The number of hydrogen-bond acceptors (Lipinski definition) is 2. The lowest BCUT2D eigenvalue weighted by Gasteiger charge is -2.02. The van der Waals surface area contributed by atoms with Crippen LogP contribution in [-0.2, 0) is 6.18 Å². The smallest absolute Gasteiger partial charge is 0.273 e. The Morgan fingerprint density at radius 2 is 1.85 bits per heavy atom. The van der Waals surface area contributed by atoms with Crippen molar-refractivity contribution in [2.75, 3.05) is 0 Å². The van der Waals surface area contributed by atoms with Crippen molar-refractivity contribution in [2.45, 2.75) is 6.18 Å². The number of aromatic nitrogens is 3. The van der Waals surface area contributed by atoms with Crippen LogP contribution in [0.3, 0.4) is 0 Å². The van der Waals surface area contributed by atoms with Crippen molar-refractivity contribution in [3.8, 4) is 11.4 Å². The molecule has 3 rings (SSSR count). The molecule has 0 amide bonds. The SMILES string of the molecule is FC(F)(F)c1cc(-c2ccc3cccc(Cl)c3n2)n[nH]1. The Labute approximate surface area is 116 Å². The molecule has 0 spiro atoms. The number of pyridine rings is 1. The third-order valence-electron chi connectivity index (χ3n) is 2.82. The second-order valence-corrected chi connectivity index (χ2v) is 4.58. The van der Waals surface area contributed by atoms with E-state index in [1.165, 1.54) is 0 Å². The summed E-state index contributed by atoms with van der Waals surface area (Å²) in [6.07, 6.45) is -4.46. The first kappa shape index (κ1) is 12.9. The van der Waals surface area contributed by atoms with E-state index in [4.69, 9.17) is 11.6 Å². The van der Waals surface area contributed by atoms with Gasteiger partial charge in [0, 0.05) is 5.39 Å². The highest BCUT2D eigenvalue weighted by Gasteiger charge is 2.33. The summed E-state index contributed by atoms with van der Waals surface area (Å²) in [5.74, 6) is 0. The van der Waals surface area contributed by atoms with Crippen LogP contribution in [0.2, 0.25) is 5.02 Å². The van der Waals surface area contributed by atoms with Gasteiger partial charge in [0.25, 0.3) is 0 Å². The second kappa shape index (κ2) is 4.49. The summed E-state index contributed by atoms with van der Waals surface area (Å²) in [6, 6.07) is 9.55. The molecule has 3 nitrogen and oxygen atoms in total. The van der Waals surface area contributed by atoms with Crippen LogP contribution < -0.4 is 0 Å². The number of fused-ring (bicyclic) bond motifs is 1. The lowest BCUT2D eigenvalue weighted by atomic mass is 10.2. The number of rotatable bonds is 1. The van der Waals surface area contributed by atoms with Gasteiger partial charge in [0.05, 0.1) is 16.2 Å². The monoisotopic (exact) mass is 297 g/mol. The molecule has 3 aromatic rings. The molecule has 0 aliphatic rings. The Bertz CT molecular complexity index is 780. The molecule has 0 radical (unpaired) electrons. The summed E-state index contributed by atoms with van der Waals surface area (Å²) in [6.45, 7) is 0. The molecule has 20 heavy (non-hydrogen) atoms. The fraction of sp³-hybridized carbons (Fsp3) is 0.0769. The zero-order chi connectivity index (χ0) is 14.3. The maximum Gasteiger partial charge on any atom is 0.432 e. The molecule has 1 N–H and O–H groups in total. The fourth-order valence-corrected chi connectivity index (χ4v) is 2.08. The molecule has 0 aliphatic heterocycles. The van der Waals surface area contributed by atoms with Crippen molar-refractivity contribution in [2.24, 2.45) is 0 Å². The van der Waals surface area contributed by atoms with E-state index in [0.717, 1.165) is 11.5 Å². The number of para-hydroxylation sites is 1. The molecule has 0 fully saturated rings. The highest BCUT2D eigenvalue weighted by molar-refractivity contribution is 6.35. The molecular formula is C13H7ClF3N3. The van der Waals surface area contributed by atoms with E-state index in [2.05, 4.69) is 10.1 Å². The van der Waals surface area contributed by atoms with Gasteiger partial charge in [0.2, 0.25) is 0 Å². The van der Waals surface area contributed by atoms with Gasteiger partial charge in [-0.2, -0.15) is 18.3 Å². The summed E-state index contributed by atoms with van der Waals surface area (Å²) >= 11 is 6.02. The lowest BCUT2D eigenvalue weighted by Crippen LogP contribution is -2.04. The average Bonchev–Trinajstić information content (AvgIpc) is 2.88. The van der Waals surface area contributed by atoms with Crippen LogP contribution in [0.15, 0.2) is 36.4 Å². The van der Waals surface area contributed by atoms with E-state index in [0.29, 0.717) is 16.2 Å². The maximum absolute atomic E-state index is 12.5. The van der Waals surface area contributed by atoms with E-state index in [1.807, 2.05) is 11.2 Å². The summed E-state index contributed by atoms with van der Waals surface area (Å²) in [5, 5.41) is 6.85. The zero-order valence-corrected chi connectivity index (χ0v) is 10.6. The van der Waals surface area contributed by atoms with Crippen molar-refractivity contribution < 1.29 is 13.2 Å². The van der Waals surface area contributed by atoms with Gasteiger partial charge in [-0.3, -0.25) is 5.10 Å². The summed E-state index contributed by atoms with van der Waals surface area (Å²) in [5.41, 5.74) is 0.0771. The quantitative estimate of drug-likeness (QED) is 0.727. The van der Waals surface area contributed by atoms with Crippen LogP contribution in [0.4, 0.5) is 13.2 Å². The molecule has 0 saturated heterocycles. The molecule has 2 heterocycles. The predicted molar refractivity (Wildman–Crippen MR) is 69.3 cm³/mol. The second-order valence-electron chi connectivity index (χ2n) is 4.17.